The Labute approximate surface area is 142 Å². The third-order valence-electron chi connectivity index (χ3n) is 4.08. The molecule has 0 saturated carbocycles. The number of rotatable bonds is 4. The summed E-state index contributed by atoms with van der Waals surface area (Å²) in [7, 11) is -1.93. The first-order valence-corrected chi connectivity index (χ1v) is 9.13. The molecule has 1 aromatic heterocycles. The molecule has 3 rings (SSSR count). The number of aromatic nitrogens is 2. The van der Waals surface area contributed by atoms with Crippen LogP contribution in [-0.4, -0.2) is 56.0 Å². The monoisotopic (exact) mass is 348 g/mol. The summed E-state index contributed by atoms with van der Waals surface area (Å²) in [6, 6.07) is 6.70. The highest BCUT2D eigenvalue weighted by atomic mass is 32.2. The summed E-state index contributed by atoms with van der Waals surface area (Å²) in [5.74, 6) is 1.31. The quantitative estimate of drug-likeness (QED) is 0.829. The second-order valence-corrected chi connectivity index (χ2v) is 7.51. The average molecular weight is 348 g/mol. The zero-order valence-corrected chi connectivity index (χ0v) is 14.5. The number of nitrogens with zero attached hydrogens (tertiary/aromatic N) is 4. The van der Waals surface area contributed by atoms with Gasteiger partial charge in [0.2, 0.25) is 16.0 Å². The van der Waals surface area contributed by atoms with E-state index in [0.29, 0.717) is 42.8 Å². The van der Waals surface area contributed by atoms with Gasteiger partial charge >= 0.3 is 0 Å². The van der Waals surface area contributed by atoms with Crippen LogP contribution in [-0.2, 0) is 10.0 Å². The van der Waals surface area contributed by atoms with Crippen LogP contribution in [0.2, 0.25) is 0 Å². The second kappa shape index (κ2) is 6.74. The van der Waals surface area contributed by atoms with Crippen LogP contribution >= 0.6 is 0 Å². The summed E-state index contributed by atoms with van der Waals surface area (Å²) < 4.78 is 32.3. The van der Waals surface area contributed by atoms with Gasteiger partial charge in [0, 0.05) is 38.6 Å². The lowest BCUT2D eigenvalue weighted by atomic mass is 10.2. The molecule has 0 aliphatic carbocycles. The van der Waals surface area contributed by atoms with Gasteiger partial charge in [0.1, 0.15) is 5.75 Å². The van der Waals surface area contributed by atoms with Gasteiger partial charge < -0.3 is 9.64 Å². The van der Waals surface area contributed by atoms with E-state index >= 15 is 0 Å². The number of sulfonamides is 1. The van der Waals surface area contributed by atoms with Crippen molar-refractivity contribution in [2.24, 2.45) is 0 Å². The third-order valence-corrected chi connectivity index (χ3v) is 5.97. The van der Waals surface area contributed by atoms with Gasteiger partial charge in [-0.05, 0) is 36.8 Å². The van der Waals surface area contributed by atoms with Crippen LogP contribution < -0.4 is 9.64 Å². The first-order chi connectivity index (χ1) is 11.5. The molecule has 7 nitrogen and oxygen atoms in total. The minimum atomic E-state index is -3.50. The molecule has 0 amide bonds. The molecule has 1 aromatic carbocycles. The van der Waals surface area contributed by atoms with Crippen LogP contribution in [0.4, 0.5) is 5.95 Å². The number of hydrogen-bond donors (Lipinski definition) is 0. The lowest BCUT2D eigenvalue weighted by Crippen LogP contribution is -2.49. The van der Waals surface area contributed by atoms with Crippen LogP contribution in [0.25, 0.3) is 0 Å². The van der Waals surface area contributed by atoms with Crippen LogP contribution in [0.1, 0.15) is 5.56 Å². The molecule has 0 bridgehead atoms. The molecule has 128 valence electrons. The molecule has 2 aromatic rings. The minimum Gasteiger partial charge on any atom is -0.496 e. The Morgan fingerprint density at radius 2 is 1.75 bits per heavy atom. The van der Waals surface area contributed by atoms with E-state index in [-0.39, 0.29) is 0 Å². The zero-order valence-electron chi connectivity index (χ0n) is 13.7. The summed E-state index contributed by atoms with van der Waals surface area (Å²) in [4.78, 5) is 10.7. The van der Waals surface area contributed by atoms with E-state index in [1.807, 2.05) is 11.8 Å². The number of hydrogen-bond acceptors (Lipinski definition) is 6. The maximum Gasteiger partial charge on any atom is 0.243 e. The smallest absolute Gasteiger partial charge is 0.243 e. The Balaban J connectivity index is 1.74. The fraction of sp³-hybridized carbons (Fsp3) is 0.375. The lowest BCUT2D eigenvalue weighted by Gasteiger charge is -2.33. The van der Waals surface area contributed by atoms with E-state index in [4.69, 9.17) is 4.74 Å². The van der Waals surface area contributed by atoms with Crippen molar-refractivity contribution >= 4 is 16.0 Å². The molecule has 8 heteroatoms. The summed E-state index contributed by atoms with van der Waals surface area (Å²) in [5, 5.41) is 0. The molecule has 1 fully saturated rings. The van der Waals surface area contributed by atoms with E-state index in [1.165, 1.54) is 4.31 Å². The zero-order chi connectivity index (χ0) is 17.2. The minimum absolute atomic E-state index is 0.296. The molecule has 0 radical (unpaired) electrons. The number of piperazine rings is 1. The van der Waals surface area contributed by atoms with Gasteiger partial charge in [-0.1, -0.05) is 0 Å². The molecule has 0 N–H and O–H groups in total. The average Bonchev–Trinajstić information content (AvgIpc) is 2.62. The number of anilines is 1. The Kier molecular flexibility index (Phi) is 4.68. The molecule has 0 unspecified atom stereocenters. The molecule has 2 heterocycles. The second-order valence-electron chi connectivity index (χ2n) is 5.57. The van der Waals surface area contributed by atoms with E-state index in [1.54, 1.807) is 43.8 Å². The van der Waals surface area contributed by atoms with Gasteiger partial charge in [0.05, 0.1) is 12.0 Å². The fourth-order valence-corrected chi connectivity index (χ4v) is 4.25. The molecular weight excluding hydrogens is 328 g/mol. The number of ether oxygens (including phenoxy) is 1. The summed E-state index contributed by atoms with van der Waals surface area (Å²) >= 11 is 0. The highest BCUT2D eigenvalue weighted by Gasteiger charge is 2.29. The van der Waals surface area contributed by atoms with E-state index < -0.39 is 10.0 Å². The van der Waals surface area contributed by atoms with Crippen molar-refractivity contribution in [3.8, 4) is 5.75 Å². The van der Waals surface area contributed by atoms with Crippen LogP contribution in [0, 0.1) is 6.92 Å². The Bertz CT molecular complexity index is 803. The predicted molar refractivity (Wildman–Crippen MR) is 90.7 cm³/mol. The molecule has 1 aliphatic rings. The maximum atomic E-state index is 12.8. The van der Waals surface area contributed by atoms with Gasteiger partial charge in [-0.15, -0.1) is 0 Å². The van der Waals surface area contributed by atoms with Crippen molar-refractivity contribution in [1.82, 2.24) is 14.3 Å². The number of benzene rings is 1. The van der Waals surface area contributed by atoms with E-state index in [2.05, 4.69) is 9.97 Å². The Morgan fingerprint density at radius 3 is 2.33 bits per heavy atom. The summed E-state index contributed by atoms with van der Waals surface area (Å²) in [5.41, 5.74) is 0.801. The van der Waals surface area contributed by atoms with Gasteiger partial charge in [-0.2, -0.15) is 4.31 Å². The molecule has 1 saturated heterocycles. The van der Waals surface area contributed by atoms with Crippen molar-refractivity contribution in [2.45, 2.75) is 11.8 Å². The fourth-order valence-electron chi connectivity index (χ4n) is 2.74. The third kappa shape index (κ3) is 3.20. The largest absolute Gasteiger partial charge is 0.496 e. The normalized spacial score (nSPS) is 16.2. The first-order valence-electron chi connectivity index (χ1n) is 7.69. The molecule has 24 heavy (non-hydrogen) atoms. The molecule has 1 aliphatic heterocycles. The Morgan fingerprint density at radius 1 is 1.08 bits per heavy atom. The van der Waals surface area contributed by atoms with Gasteiger partial charge in [-0.3, -0.25) is 0 Å². The lowest BCUT2D eigenvalue weighted by molar-refractivity contribution is 0.382. The van der Waals surface area contributed by atoms with Crippen molar-refractivity contribution < 1.29 is 13.2 Å². The summed E-state index contributed by atoms with van der Waals surface area (Å²) in [6.07, 6.45) is 3.37. The van der Waals surface area contributed by atoms with E-state index in [0.717, 1.165) is 5.56 Å². The first kappa shape index (κ1) is 16.7. The predicted octanol–water partition coefficient (Wildman–Crippen LogP) is 1.30. The highest BCUT2D eigenvalue weighted by molar-refractivity contribution is 7.89. The van der Waals surface area contributed by atoms with Gasteiger partial charge in [0.25, 0.3) is 0 Å². The van der Waals surface area contributed by atoms with E-state index in [9.17, 15) is 8.42 Å². The molecular formula is C16H20N4O3S. The topological polar surface area (TPSA) is 75.6 Å². The summed E-state index contributed by atoms with van der Waals surface area (Å²) in [6.45, 7) is 3.79. The maximum absolute atomic E-state index is 12.8. The number of methoxy groups -OCH3 is 1. The molecule has 0 atom stereocenters. The standard InChI is InChI=1S/C16H20N4O3S/c1-13-12-14(4-5-15(13)23-2)24(21,22)20-10-8-19(9-11-20)16-17-6-3-7-18-16/h3-7,12H,8-11H2,1-2H3. The van der Waals surface area contributed by atoms with Crippen LogP contribution in [0.5, 0.6) is 5.75 Å². The highest BCUT2D eigenvalue weighted by Crippen LogP contribution is 2.24. The van der Waals surface area contributed by atoms with Crippen molar-refractivity contribution in [3.05, 3.63) is 42.2 Å². The van der Waals surface area contributed by atoms with Gasteiger partial charge in [-0.25, -0.2) is 18.4 Å². The van der Waals surface area contributed by atoms with Crippen molar-refractivity contribution in [2.75, 3.05) is 38.2 Å². The van der Waals surface area contributed by atoms with Crippen LogP contribution in [0.3, 0.4) is 0 Å². The molecule has 0 spiro atoms. The van der Waals surface area contributed by atoms with Gasteiger partial charge in [0.15, 0.2) is 0 Å². The van der Waals surface area contributed by atoms with Crippen LogP contribution in [0.15, 0.2) is 41.6 Å². The van der Waals surface area contributed by atoms with Crippen molar-refractivity contribution in [1.29, 1.82) is 0 Å². The number of aryl methyl sites for hydroxylation is 1. The Hall–Kier alpha value is -2.19. The SMILES string of the molecule is COc1ccc(S(=O)(=O)N2CCN(c3ncccn3)CC2)cc1C. The van der Waals surface area contributed by atoms with Crippen molar-refractivity contribution in [3.63, 3.8) is 0 Å².